The average molecular weight is 684 g/mol. The molecule has 0 aromatic heterocycles. The first-order valence-electron chi connectivity index (χ1n) is 18.1. The van der Waals surface area contributed by atoms with Crippen molar-refractivity contribution in [2.24, 2.45) is 11.7 Å². The number of anilines is 1. The lowest BCUT2D eigenvalue weighted by Gasteiger charge is -2.43. The smallest absolute Gasteiger partial charge is 0.270 e. The number of carbonyl (C=O) groups is 2. The Hall–Kier alpha value is -3.46. The zero-order chi connectivity index (χ0) is 35.6. The maximum Gasteiger partial charge on any atom is 0.270 e. The summed E-state index contributed by atoms with van der Waals surface area (Å²) in [6.45, 7) is 18.1. The molecule has 264 valence electrons. The van der Waals surface area contributed by atoms with Gasteiger partial charge < -0.3 is 24.7 Å². The summed E-state index contributed by atoms with van der Waals surface area (Å²) in [6, 6.07) is 25.6. The molecule has 1 heterocycles. The van der Waals surface area contributed by atoms with Crippen LogP contribution in [0.4, 0.5) is 5.69 Å². The SMILES string of the molecule is Cc1cc2c(cc1C(=O)N(C(C)C)C1CCC(CCO[Si](c3ccccc3)(c3ccccc3)C(C)(C)C)CC1)N(CCN)C(=O)C(C)(C)O2. The Balaban J connectivity index is 1.29. The van der Waals surface area contributed by atoms with Crippen LogP contribution in [0.5, 0.6) is 5.75 Å². The highest BCUT2D eigenvalue weighted by Crippen LogP contribution is 2.41. The Bertz CT molecular complexity index is 1550. The topological polar surface area (TPSA) is 85.1 Å². The fraction of sp³-hybridized carbons (Fsp3) is 0.512. The van der Waals surface area contributed by atoms with E-state index in [-0.39, 0.29) is 28.9 Å². The van der Waals surface area contributed by atoms with Crippen molar-refractivity contribution in [1.29, 1.82) is 0 Å². The molecule has 0 bridgehead atoms. The molecule has 0 saturated heterocycles. The zero-order valence-electron chi connectivity index (χ0n) is 30.9. The minimum Gasteiger partial charge on any atom is -0.476 e. The molecule has 5 rings (SSSR count). The summed E-state index contributed by atoms with van der Waals surface area (Å²) in [7, 11) is -2.56. The molecular weight excluding hydrogens is 627 g/mol. The van der Waals surface area contributed by atoms with Crippen LogP contribution in [0.25, 0.3) is 0 Å². The summed E-state index contributed by atoms with van der Waals surface area (Å²) in [6.07, 6.45) is 5.07. The Morgan fingerprint density at radius 3 is 2.08 bits per heavy atom. The summed E-state index contributed by atoms with van der Waals surface area (Å²) in [5.41, 5.74) is 6.99. The second-order valence-electron chi connectivity index (χ2n) is 15.8. The lowest BCUT2D eigenvalue weighted by atomic mass is 9.83. The summed E-state index contributed by atoms with van der Waals surface area (Å²) in [5, 5.41) is 2.58. The van der Waals surface area contributed by atoms with Gasteiger partial charge in [0.1, 0.15) is 5.75 Å². The van der Waals surface area contributed by atoms with Crippen LogP contribution in [0, 0.1) is 12.8 Å². The van der Waals surface area contributed by atoms with Gasteiger partial charge >= 0.3 is 0 Å². The van der Waals surface area contributed by atoms with E-state index in [1.54, 1.807) is 18.7 Å². The highest BCUT2D eigenvalue weighted by molar-refractivity contribution is 6.99. The minimum absolute atomic E-state index is 0.0127. The number of aryl methyl sites for hydroxylation is 1. The van der Waals surface area contributed by atoms with Crippen molar-refractivity contribution in [3.05, 3.63) is 83.9 Å². The number of nitrogens with two attached hydrogens (primary N) is 1. The second-order valence-corrected chi connectivity index (χ2v) is 20.1. The Morgan fingerprint density at radius 1 is 1.00 bits per heavy atom. The standard InChI is InChI=1S/C41H57N3O4Si/c1-29(2)44(38(45)35-28-36-37(27-30(35)3)48-41(7,8)39(46)43(36)25-24-42)32-21-19-31(20-22-32)23-26-47-49(40(4,5)6,33-15-11-9-12-16-33)34-17-13-10-14-18-34/h9-18,27-29,31-32H,19-26,42H2,1-8H3. The third kappa shape index (κ3) is 7.37. The van der Waals surface area contributed by atoms with Gasteiger partial charge in [-0.1, -0.05) is 81.4 Å². The highest BCUT2D eigenvalue weighted by atomic mass is 28.4. The van der Waals surface area contributed by atoms with Crippen LogP contribution in [-0.2, 0) is 9.22 Å². The van der Waals surface area contributed by atoms with Crippen LogP contribution < -0.4 is 25.7 Å². The van der Waals surface area contributed by atoms with Gasteiger partial charge in [0.15, 0.2) is 5.60 Å². The molecule has 1 saturated carbocycles. The summed E-state index contributed by atoms with van der Waals surface area (Å²) in [5.74, 6) is 1.04. The first-order chi connectivity index (χ1) is 23.2. The first-order valence-corrected chi connectivity index (χ1v) is 20.1. The fourth-order valence-corrected chi connectivity index (χ4v) is 12.7. The van der Waals surface area contributed by atoms with Gasteiger partial charge in [0, 0.05) is 37.3 Å². The van der Waals surface area contributed by atoms with E-state index >= 15 is 0 Å². The molecular formula is C41H57N3O4Si. The molecule has 49 heavy (non-hydrogen) atoms. The third-order valence-electron chi connectivity index (χ3n) is 10.6. The van der Waals surface area contributed by atoms with E-state index in [2.05, 4.69) is 100 Å². The van der Waals surface area contributed by atoms with Gasteiger partial charge in [-0.05, 0) is 106 Å². The van der Waals surface area contributed by atoms with E-state index in [0.29, 0.717) is 36.0 Å². The van der Waals surface area contributed by atoms with Gasteiger partial charge in [0.2, 0.25) is 0 Å². The molecule has 1 fully saturated rings. The average Bonchev–Trinajstić information content (AvgIpc) is 3.06. The van der Waals surface area contributed by atoms with E-state index in [1.807, 2.05) is 19.1 Å². The molecule has 7 nitrogen and oxygen atoms in total. The van der Waals surface area contributed by atoms with E-state index in [0.717, 1.165) is 44.3 Å². The van der Waals surface area contributed by atoms with Gasteiger partial charge in [0.25, 0.3) is 20.1 Å². The molecule has 2 N–H and O–H groups in total. The first kappa shape index (κ1) is 36.8. The number of hydrogen-bond acceptors (Lipinski definition) is 5. The molecule has 3 aromatic rings. The Labute approximate surface area is 295 Å². The van der Waals surface area contributed by atoms with Gasteiger partial charge in [0.05, 0.1) is 5.69 Å². The number of rotatable bonds is 11. The normalized spacial score (nSPS) is 19.4. The molecule has 8 heteroatoms. The molecule has 3 aromatic carbocycles. The van der Waals surface area contributed by atoms with E-state index < -0.39 is 13.9 Å². The van der Waals surface area contributed by atoms with Crippen molar-refractivity contribution in [3.8, 4) is 5.75 Å². The molecule has 2 aliphatic rings. The fourth-order valence-electron chi connectivity index (χ4n) is 8.11. The predicted octanol–water partition coefficient (Wildman–Crippen LogP) is 6.83. The van der Waals surface area contributed by atoms with Crippen LogP contribution in [-0.4, -0.2) is 62.4 Å². The van der Waals surface area contributed by atoms with Crippen LogP contribution in [0.2, 0.25) is 5.04 Å². The number of benzene rings is 3. The van der Waals surface area contributed by atoms with Gasteiger partial charge in [-0.2, -0.15) is 0 Å². The Kier molecular flexibility index (Phi) is 11.1. The molecule has 1 aliphatic heterocycles. The van der Waals surface area contributed by atoms with Crippen LogP contribution in [0.3, 0.4) is 0 Å². The van der Waals surface area contributed by atoms with Crippen molar-refractivity contribution in [2.45, 2.75) is 110 Å². The third-order valence-corrected chi connectivity index (χ3v) is 15.6. The van der Waals surface area contributed by atoms with Crippen LogP contribution in [0.1, 0.15) is 96.5 Å². The molecule has 0 atom stereocenters. The largest absolute Gasteiger partial charge is 0.476 e. The molecule has 2 amide bonds. The lowest BCUT2D eigenvalue weighted by molar-refractivity contribution is -0.132. The van der Waals surface area contributed by atoms with Crippen molar-refractivity contribution in [1.82, 2.24) is 4.90 Å². The molecule has 1 aliphatic carbocycles. The second kappa shape index (κ2) is 14.8. The van der Waals surface area contributed by atoms with E-state index in [4.69, 9.17) is 14.9 Å². The number of hydrogen-bond donors (Lipinski definition) is 1. The number of nitrogens with zero attached hydrogens (tertiary/aromatic N) is 2. The highest BCUT2D eigenvalue weighted by Gasteiger charge is 2.50. The summed E-state index contributed by atoms with van der Waals surface area (Å²) >= 11 is 0. The zero-order valence-corrected chi connectivity index (χ0v) is 31.9. The van der Waals surface area contributed by atoms with Crippen molar-refractivity contribution in [3.63, 3.8) is 0 Å². The van der Waals surface area contributed by atoms with Gasteiger partial charge in [-0.25, -0.2) is 0 Å². The number of carbonyl (C=O) groups excluding carboxylic acids is 2. The maximum atomic E-state index is 14.3. The summed E-state index contributed by atoms with van der Waals surface area (Å²) in [4.78, 5) is 31.3. The van der Waals surface area contributed by atoms with Crippen molar-refractivity contribution in [2.75, 3.05) is 24.6 Å². The minimum atomic E-state index is -2.56. The van der Waals surface area contributed by atoms with Crippen molar-refractivity contribution >= 4 is 36.2 Å². The monoisotopic (exact) mass is 683 g/mol. The van der Waals surface area contributed by atoms with Gasteiger partial charge in [-0.15, -0.1) is 0 Å². The predicted molar refractivity (Wildman–Crippen MR) is 203 cm³/mol. The maximum absolute atomic E-state index is 14.3. The summed E-state index contributed by atoms with van der Waals surface area (Å²) < 4.78 is 13.3. The number of fused-ring (bicyclic) bond motifs is 1. The number of ether oxygens (including phenoxy) is 1. The quantitative estimate of drug-likeness (QED) is 0.224. The van der Waals surface area contributed by atoms with Gasteiger partial charge in [-0.3, -0.25) is 9.59 Å². The molecule has 0 spiro atoms. The van der Waals surface area contributed by atoms with E-state index in [1.165, 1.54) is 10.4 Å². The van der Waals surface area contributed by atoms with Crippen molar-refractivity contribution < 1.29 is 18.8 Å². The molecule has 0 unspecified atom stereocenters. The van der Waals surface area contributed by atoms with Crippen LogP contribution >= 0.6 is 0 Å². The lowest BCUT2D eigenvalue weighted by Crippen LogP contribution is -2.66. The van der Waals surface area contributed by atoms with Crippen LogP contribution in [0.15, 0.2) is 72.8 Å². The number of amides is 2. The molecule has 0 radical (unpaired) electrons. The van der Waals surface area contributed by atoms with E-state index in [9.17, 15) is 9.59 Å². The Morgan fingerprint density at radius 2 is 1.57 bits per heavy atom.